The molecule has 0 aromatic rings. The number of aliphatic hydroxyl groups is 2. The largest absolute Gasteiger partial charge is 0.393 e. The average Bonchev–Trinajstić information content (AvgIpc) is 3.25. The first kappa shape index (κ1) is 19.8. The predicted octanol–water partition coefficient (Wildman–Crippen LogP) is 3.97. The topological polar surface area (TPSA) is 58.9 Å². The fourth-order valence-corrected chi connectivity index (χ4v) is 8.44. The Morgan fingerprint density at radius 3 is 2.54 bits per heavy atom. The molecule has 28 heavy (non-hydrogen) atoms. The molecule has 1 aliphatic heterocycles. The summed E-state index contributed by atoms with van der Waals surface area (Å²) in [5, 5.41) is 22.8. The highest BCUT2D eigenvalue weighted by molar-refractivity contribution is 9.12. The van der Waals surface area contributed by atoms with E-state index in [1.165, 1.54) is 0 Å². The molecule has 5 fully saturated rings. The van der Waals surface area contributed by atoms with Crippen LogP contribution in [-0.4, -0.2) is 40.9 Å². The fourth-order valence-electron chi connectivity index (χ4n) is 8.30. The highest BCUT2D eigenvalue weighted by atomic mass is 79.9. The van der Waals surface area contributed by atoms with Crippen LogP contribution < -0.4 is 0 Å². The second-order valence-electron chi connectivity index (χ2n) is 10.5. The van der Waals surface area contributed by atoms with E-state index >= 15 is 0 Å². The van der Waals surface area contributed by atoms with E-state index < -0.39 is 11.4 Å². The van der Waals surface area contributed by atoms with Gasteiger partial charge in [-0.3, -0.25) is 0 Å². The third-order valence-corrected chi connectivity index (χ3v) is 9.99. The molecule has 1 saturated heterocycles. The van der Waals surface area contributed by atoms with Crippen LogP contribution in [0.3, 0.4) is 0 Å². The smallest absolute Gasteiger partial charge is 0.171 e. The van der Waals surface area contributed by atoms with Crippen molar-refractivity contribution < 1.29 is 19.7 Å². The second-order valence-corrected chi connectivity index (χ2v) is 10.9. The molecule has 156 valence electrons. The van der Waals surface area contributed by atoms with Crippen LogP contribution in [0.4, 0.5) is 0 Å². The Bertz CT molecular complexity index is 694. The summed E-state index contributed by atoms with van der Waals surface area (Å²) in [4.78, 5) is 2.93. The van der Waals surface area contributed by atoms with Crippen molar-refractivity contribution in [2.75, 3.05) is 13.2 Å². The summed E-state index contributed by atoms with van der Waals surface area (Å²) in [6.45, 7) is 3.58. The van der Waals surface area contributed by atoms with Gasteiger partial charge in [-0.15, -0.1) is 0 Å². The van der Waals surface area contributed by atoms with Gasteiger partial charge in [0.2, 0.25) is 0 Å². The van der Waals surface area contributed by atoms with Crippen molar-refractivity contribution >= 4 is 15.9 Å². The molecular weight excluding hydrogens is 420 g/mol. The number of hydrogen-bond donors (Lipinski definition) is 2. The number of fused-ring (bicyclic) bond motifs is 5. The van der Waals surface area contributed by atoms with E-state index in [1.54, 1.807) is 0 Å². The first-order valence-electron chi connectivity index (χ1n) is 11.2. The minimum absolute atomic E-state index is 0.0620. The molecule has 0 radical (unpaired) electrons. The maximum Gasteiger partial charge on any atom is 0.171 e. The van der Waals surface area contributed by atoms with Crippen molar-refractivity contribution in [2.24, 2.45) is 28.6 Å². The van der Waals surface area contributed by atoms with Crippen LogP contribution in [0.25, 0.3) is 0 Å². The van der Waals surface area contributed by atoms with E-state index in [0.717, 1.165) is 57.8 Å². The molecule has 4 aliphatic carbocycles. The highest BCUT2D eigenvalue weighted by Crippen LogP contribution is 2.69. The fraction of sp³-hybridized carbons (Fsp3) is 0.913. The summed E-state index contributed by atoms with van der Waals surface area (Å²) >= 11 is 3.29. The van der Waals surface area contributed by atoms with Crippen LogP contribution in [0, 0.1) is 39.3 Å². The maximum atomic E-state index is 12.1. The van der Waals surface area contributed by atoms with Gasteiger partial charge in [0.15, 0.2) is 5.79 Å². The van der Waals surface area contributed by atoms with E-state index in [0.29, 0.717) is 37.4 Å². The van der Waals surface area contributed by atoms with E-state index in [-0.39, 0.29) is 16.9 Å². The van der Waals surface area contributed by atoms with Crippen LogP contribution >= 0.6 is 15.9 Å². The summed E-state index contributed by atoms with van der Waals surface area (Å²) in [7, 11) is 0. The van der Waals surface area contributed by atoms with Crippen LogP contribution in [0.1, 0.15) is 71.1 Å². The Morgan fingerprint density at radius 1 is 1.00 bits per heavy atom. The molecule has 5 rings (SSSR count). The molecule has 0 unspecified atom stereocenters. The van der Waals surface area contributed by atoms with Crippen molar-refractivity contribution in [3.63, 3.8) is 0 Å². The summed E-state index contributed by atoms with van der Waals surface area (Å²) < 4.78 is 12.0. The lowest BCUT2D eigenvalue weighted by molar-refractivity contribution is -0.289. The van der Waals surface area contributed by atoms with Crippen LogP contribution in [0.2, 0.25) is 0 Å². The molecule has 5 aliphatic rings. The first-order chi connectivity index (χ1) is 13.4. The van der Waals surface area contributed by atoms with E-state index in [1.807, 2.05) is 0 Å². The van der Waals surface area contributed by atoms with Gasteiger partial charge >= 0.3 is 0 Å². The van der Waals surface area contributed by atoms with Crippen LogP contribution in [0.15, 0.2) is 0 Å². The molecule has 0 aromatic carbocycles. The standard InChI is InChI=1S/C23H33BrO4/c1-20-8-6-18-16(17(20)3-4-19(20)25)5-9-22(26)15-23(27-13-14-28-23)11-10-21(18,22)7-2-12-24/h16-19,25-26H,3-11,13-15H2,1H3/t16-,17-,18-,19-,20-,21+,22+/m0/s1. The molecule has 1 heterocycles. The summed E-state index contributed by atoms with van der Waals surface area (Å²) in [6.07, 6.45) is 9.01. The second kappa shape index (κ2) is 6.69. The molecule has 1 spiro atoms. The van der Waals surface area contributed by atoms with Gasteiger partial charge in [-0.25, -0.2) is 0 Å². The van der Waals surface area contributed by atoms with Crippen LogP contribution in [-0.2, 0) is 9.47 Å². The third-order valence-electron chi connectivity index (χ3n) is 9.71. The lowest BCUT2D eigenvalue weighted by atomic mass is 9.42. The molecular formula is C23H33BrO4. The van der Waals surface area contributed by atoms with Gasteiger partial charge in [0.25, 0.3) is 0 Å². The number of halogens is 1. The first-order valence-corrected chi connectivity index (χ1v) is 11.9. The maximum absolute atomic E-state index is 12.1. The summed E-state index contributed by atoms with van der Waals surface area (Å²) in [5.41, 5.74) is -0.906. The third kappa shape index (κ3) is 2.57. The lowest BCUT2D eigenvalue weighted by Gasteiger charge is -2.65. The Balaban J connectivity index is 1.51. The summed E-state index contributed by atoms with van der Waals surface area (Å²) in [6, 6.07) is 0. The van der Waals surface area contributed by atoms with E-state index in [4.69, 9.17) is 9.47 Å². The van der Waals surface area contributed by atoms with Gasteiger partial charge in [0.05, 0.1) is 24.9 Å². The predicted molar refractivity (Wildman–Crippen MR) is 109 cm³/mol. The molecule has 2 N–H and O–H groups in total. The Kier molecular flexibility index (Phi) is 4.73. The highest BCUT2D eigenvalue weighted by Gasteiger charge is 2.68. The molecule has 4 nitrogen and oxygen atoms in total. The van der Waals surface area contributed by atoms with Gasteiger partial charge in [0.1, 0.15) is 0 Å². The van der Waals surface area contributed by atoms with Crippen molar-refractivity contribution in [1.29, 1.82) is 0 Å². The number of ether oxygens (including phenoxy) is 2. The number of aliphatic hydroxyl groups excluding tert-OH is 1. The van der Waals surface area contributed by atoms with Gasteiger partial charge in [0, 0.05) is 40.6 Å². The Labute approximate surface area is 176 Å². The Morgan fingerprint density at radius 2 is 1.79 bits per heavy atom. The van der Waals surface area contributed by atoms with Gasteiger partial charge in [-0.1, -0.05) is 12.8 Å². The number of hydrogen-bond acceptors (Lipinski definition) is 4. The molecule has 4 saturated carbocycles. The molecule has 5 heteroatoms. The lowest BCUT2D eigenvalue weighted by Crippen LogP contribution is -2.66. The minimum atomic E-state index is -0.779. The van der Waals surface area contributed by atoms with Gasteiger partial charge in [-0.05, 0) is 72.9 Å². The molecule has 7 atom stereocenters. The molecule has 0 amide bonds. The van der Waals surface area contributed by atoms with E-state index in [9.17, 15) is 10.2 Å². The van der Waals surface area contributed by atoms with Crippen LogP contribution in [0.5, 0.6) is 0 Å². The zero-order valence-corrected chi connectivity index (χ0v) is 18.5. The SMILES string of the molecule is C[C@]12CC[C@H]3[C@@H](CC[C@@]4(O)CC5(CC[C@]34CC#CBr)OCCO5)[C@@H]1CC[C@@H]2O. The minimum Gasteiger partial charge on any atom is -0.393 e. The molecule has 0 aromatic heterocycles. The zero-order chi connectivity index (χ0) is 19.6. The summed E-state index contributed by atoms with van der Waals surface area (Å²) in [5.74, 6) is 4.36. The quantitative estimate of drug-likeness (QED) is 0.590. The van der Waals surface area contributed by atoms with Crippen molar-refractivity contribution in [3.8, 4) is 10.8 Å². The van der Waals surface area contributed by atoms with E-state index in [2.05, 4.69) is 33.6 Å². The molecule has 0 bridgehead atoms. The van der Waals surface area contributed by atoms with Crippen molar-refractivity contribution in [3.05, 3.63) is 0 Å². The van der Waals surface area contributed by atoms with Crippen molar-refractivity contribution in [1.82, 2.24) is 0 Å². The Hall–Kier alpha value is -0.120. The average molecular weight is 453 g/mol. The number of rotatable bonds is 1. The van der Waals surface area contributed by atoms with Crippen molar-refractivity contribution in [2.45, 2.75) is 88.6 Å². The van der Waals surface area contributed by atoms with Gasteiger partial charge in [-0.2, -0.15) is 0 Å². The zero-order valence-electron chi connectivity index (χ0n) is 16.9. The normalized spacial score (nSPS) is 51.7. The van der Waals surface area contributed by atoms with Gasteiger partial charge < -0.3 is 19.7 Å². The monoisotopic (exact) mass is 452 g/mol.